The van der Waals surface area contributed by atoms with Crippen LogP contribution in [0, 0.1) is 0 Å². The van der Waals surface area contributed by atoms with Gasteiger partial charge in [0.05, 0.1) is 6.61 Å². The quantitative estimate of drug-likeness (QED) is 0.806. The van der Waals surface area contributed by atoms with Crippen molar-refractivity contribution in [3.05, 3.63) is 35.4 Å². The minimum absolute atomic E-state index is 0.202. The molecule has 116 valence electrons. The number of ketones is 1. The van der Waals surface area contributed by atoms with Crippen LogP contribution in [0.1, 0.15) is 44.2 Å². The van der Waals surface area contributed by atoms with Gasteiger partial charge in [0.15, 0.2) is 5.78 Å². The molecule has 1 aliphatic rings. The van der Waals surface area contributed by atoms with Crippen molar-refractivity contribution in [1.82, 2.24) is 4.90 Å². The Morgan fingerprint density at radius 3 is 2.67 bits per heavy atom. The molecule has 1 aromatic carbocycles. The number of rotatable bonds is 6. The summed E-state index contributed by atoms with van der Waals surface area (Å²) in [7, 11) is 0. The van der Waals surface area contributed by atoms with Crippen molar-refractivity contribution in [3.63, 3.8) is 0 Å². The molecule has 3 heteroatoms. The minimum Gasteiger partial charge on any atom is -0.368 e. The summed E-state index contributed by atoms with van der Waals surface area (Å²) in [6, 6.07) is 8.39. The van der Waals surface area contributed by atoms with Crippen molar-refractivity contribution < 1.29 is 9.53 Å². The van der Waals surface area contributed by atoms with E-state index in [1.807, 2.05) is 0 Å². The molecule has 0 aliphatic carbocycles. The molecular weight excluding hydrogens is 262 g/mol. The Bertz CT molecular complexity index is 451. The molecule has 0 radical (unpaired) electrons. The summed E-state index contributed by atoms with van der Waals surface area (Å²) in [4.78, 5) is 14.7. The fourth-order valence-electron chi connectivity index (χ4n) is 2.75. The molecule has 0 amide bonds. The Morgan fingerprint density at radius 1 is 1.33 bits per heavy atom. The number of morpholine rings is 1. The van der Waals surface area contributed by atoms with E-state index in [-0.39, 0.29) is 11.9 Å². The van der Waals surface area contributed by atoms with Gasteiger partial charge < -0.3 is 4.74 Å². The monoisotopic (exact) mass is 289 g/mol. The molecule has 1 atom stereocenters. The lowest BCUT2D eigenvalue weighted by atomic mass is 9.99. The van der Waals surface area contributed by atoms with Gasteiger partial charge in [0, 0.05) is 19.5 Å². The van der Waals surface area contributed by atoms with E-state index in [0.717, 1.165) is 31.6 Å². The summed E-state index contributed by atoms with van der Waals surface area (Å²) in [5, 5.41) is 0. The Morgan fingerprint density at radius 2 is 2.05 bits per heavy atom. The second-order valence-electron chi connectivity index (χ2n) is 6.20. The van der Waals surface area contributed by atoms with E-state index in [9.17, 15) is 4.79 Å². The summed E-state index contributed by atoms with van der Waals surface area (Å²) in [6.07, 6.45) is 1.34. The lowest BCUT2D eigenvalue weighted by Gasteiger charge is -2.31. The normalized spacial score (nSPS) is 19.9. The molecule has 1 aliphatic heterocycles. The van der Waals surface area contributed by atoms with Crippen LogP contribution in [0.25, 0.3) is 0 Å². The number of ether oxygens (including phenoxy) is 1. The van der Waals surface area contributed by atoms with E-state index in [4.69, 9.17) is 4.74 Å². The lowest BCUT2D eigenvalue weighted by Crippen LogP contribution is -2.46. The molecule has 1 aromatic rings. The predicted molar refractivity (Wildman–Crippen MR) is 85.7 cm³/mol. The maximum atomic E-state index is 12.4. The van der Waals surface area contributed by atoms with Crippen LogP contribution >= 0.6 is 0 Å². The maximum Gasteiger partial charge on any atom is 0.167 e. The fourth-order valence-corrected chi connectivity index (χ4v) is 2.75. The highest BCUT2D eigenvalue weighted by molar-refractivity contribution is 5.85. The Balaban J connectivity index is 1.91. The van der Waals surface area contributed by atoms with Crippen LogP contribution in [0.3, 0.4) is 0 Å². The van der Waals surface area contributed by atoms with Crippen molar-refractivity contribution >= 4 is 5.78 Å². The van der Waals surface area contributed by atoms with Crippen LogP contribution in [0.5, 0.6) is 0 Å². The van der Waals surface area contributed by atoms with E-state index >= 15 is 0 Å². The topological polar surface area (TPSA) is 29.5 Å². The molecule has 0 bridgehead atoms. The first kappa shape index (κ1) is 16.2. The van der Waals surface area contributed by atoms with Gasteiger partial charge in [-0.3, -0.25) is 9.69 Å². The van der Waals surface area contributed by atoms with Gasteiger partial charge in [-0.25, -0.2) is 0 Å². The summed E-state index contributed by atoms with van der Waals surface area (Å²) in [5.41, 5.74) is 2.40. The van der Waals surface area contributed by atoms with Gasteiger partial charge in [-0.05, 0) is 30.0 Å². The average Bonchev–Trinajstić information content (AvgIpc) is 2.48. The van der Waals surface area contributed by atoms with E-state index in [0.29, 0.717) is 18.9 Å². The van der Waals surface area contributed by atoms with Gasteiger partial charge in [-0.15, -0.1) is 0 Å². The largest absolute Gasteiger partial charge is 0.368 e. The van der Waals surface area contributed by atoms with Gasteiger partial charge in [0.25, 0.3) is 0 Å². The van der Waals surface area contributed by atoms with Crippen LogP contribution in [-0.4, -0.2) is 43.0 Å². The van der Waals surface area contributed by atoms with Crippen molar-refractivity contribution in [2.24, 2.45) is 0 Å². The van der Waals surface area contributed by atoms with Crippen molar-refractivity contribution in [2.45, 2.75) is 45.6 Å². The molecule has 0 spiro atoms. The third kappa shape index (κ3) is 4.65. The SMILES string of the molecule is CCCN1CCOC(C(=O)Cc2ccc(C(C)C)cc2)C1. The highest BCUT2D eigenvalue weighted by atomic mass is 16.5. The molecular formula is C18H27NO2. The Labute approximate surface area is 128 Å². The average molecular weight is 289 g/mol. The highest BCUT2D eigenvalue weighted by Gasteiger charge is 2.25. The number of hydrogen-bond acceptors (Lipinski definition) is 3. The smallest absolute Gasteiger partial charge is 0.167 e. The second-order valence-corrected chi connectivity index (χ2v) is 6.20. The van der Waals surface area contributed by atoms with Gasteiger partial charge in [-0.2, -0.15) is 0 Å². The Hall–Kier alpha value is -1.19. The van der Waals surface area contributed by atoms with Gasteiger partial charge >= 0.3 is 0 Å². The lowest BCUT2D eigenvalue weighted by molar-refractivity contribution is -0.135. The minimum atomic E-state index is -0.255. The van der Waals surface area contributed by atoms with E-state index in [1.54, 1.807) is 0 Å². The number of nitrogens with zero attached hydrogens (tertiary/aromatic N) is 1. The number of carbonyl (C=O) groups excluding carboxylic acids is 1. The molecule has 1 saturated heterocycles. The summed E-state index contributed by atoms with van der Waals surface area (Å²) < 4.78 is 5.66. The van der Waals surface area contributed by atoms with Gasteiger partial charge in [0.2, 0.25) is 0 Å². The molecule has 0 saturated carbocycles. The summed E-state index contributed by atoms with van der Waals surface area (Å²) >= 11 is 0. The van der Waals surface area contributed by atoms with Crippen LogP contribution in [0.2, 0.25) is 0 Å². The summed E-state index contributed by atoms with van der Waals surface area (Å²) in [6.45, 7) is 9.94. The van der Waals surface area contributed by atoms with Crippen LogP contribution < -0.4 is 0 Å². The second kappa shape index (κ2) is 7.71. The number of hydrogen-bond donors (Lipinski definition) is 0. The van der Waals surface area contributed by atoms with E-state index in [1.165, 1.54) is 5.56 Å². The fraction of sp³-hybridized carbons (Fsp3) is 0.611. The van der Waals surface area contributed by atoms with Gasteiger partial charge in [-0.1, -0.05) is 45.0 Å². The molecule has 0 aromatic heterocycles. The zero-order chi connectivity index (χ0) is 15.2. The van der Waals surface area contributed by atoms with Crippen LogP contribution in [0.15, 0.2) is 24.3 Å². The zero-order valence-electron chi connectivity index (χ0n) is 13.5. The zero-order valence-corrected chi connectivity index (χ0v) is 13.5. The number of carbonyl (C=O) groups is 1. The first-order chi connectivity index (χ1) is 10.1. The number of benzene rings is 1. The molecule has 1 unspecified atom stereocenters. The molecule has 1 fully saturated rings. The highest BCUT2D eigenvalue weighted by Crippen LogP contribution is 2.16. The molecule has 3 nitrogen and oxygen atoms in total. The predicted octanol–water partition coefficient (Wildman–Crippen LogP) is 3.03. The third-order valence-electron chi connectivity index (χ3n) is 4.07. The van der Waals surface area contributed by atoms with Crippen LogP contribution in [0.4, 0.5) is 0 Å². The van der Waals surface area contributed by atoms with E-state index in [2.05, 4.69) is 49.9 Å². The van der Waals surface area contributed by atoms with Crippen molar-refractivity contribution in [1.29, 1.82) is 0 Å². The molecule has 1 heterocycles. The van der Waals surface area contributed by atoms with Crippen molar-refractivity contribution in [3.8, 4) is 0 Å². The third-order valence-corrected chi connectivity index (χ3v) is 4.07. The standard InChI is InChI=1S/C18H27NO2/c1-4-9-19-10-11-21-18(13-19)17(20)12-15-5-7-16(8-6-15)14(2)3/h5-8,14,18H,4,9-13H2,1-3H3. The Kier molecular flexibility index (Phi) is 5.95. The van der Waals surface area contributed by atoms with Gasteiger partial charge in [0.1, 0.15) is 6.10 Å². The molecule has 2 rings (SSSR count). The molecule has 21 heavy (non-hydrogen) atoms. The number of Topliss-reactive ketones (excluding diaryl/α,β-unsaturated/α-hetero) is 1. The van der Waals surface area contributed by atoms with E-state index < -0.39 is 0 Å². The first-order valence-electron chi connectivity index (χ1n) is 8.05. The maximum absolute atomic E-state index is 12.4. The van der Waals surface area contributed by atoms with Crippen LogP contribution in [-0.2, 0) is 16.0 Å². The summed E-state index contributed by atoms with van der Waals surface area (Å²) in [5.74, 6) is 0.729. The van der Waals surface area contributed by atoms with Crippen molar-refractivity contribution in [2.75, 3.05) is 26.2 Å². The first-order valence-corrected chi connectivity index (χ1v) is 8.05. The molecule has 0 N–H and O–H groups in total.